The number of pyridine rings is 1. The summed E-state index contributed by atoms with van der Waals surface area (Å²) >= 11 is 6.19. The van der Waals surface area contributed by atoms with E-state index in [0.29, 0.717) is 34.0 Å². The minimum Gasteiger partial charge on any atom is -0.493 e. The molecule has 0 saturated heterocycles. The zero-order valence-electron chi connectivity index (χ0n) is 12.8. The van der Waals surface area contributed by atoms with Crippen molar-refractivity contribution in [3.05, 3.63) is 58.9 Å². The lowest BCUT2D eigenvalue weighted by molar-refractivity contribution is 0.0700. The van der Waals surface area contributed by atoms with E-state index in [0.717, 1.165) is 5.56 Å². The molecular formula is C18H16ClNO3. The largest absolute Gasteiger partial charge is 0.493 e. The summed E-state index contributed by atoms with van der Waals surface area (Å²) in [5.41, 5.74) is 3.04. The summed E-state index contributed by atoms with van der Waals surface area (Å²) in [6.45, 7) is 4.29. The molecule has 0 aliphatic rings. The minimum absolute atomic E-state index is 0.244. The third-order valence-electron chi connectivity index (χ3n) is 3.72. The first-order valence-corrected chi connectivity index (χ1v) is 7.67. The van der Waals surface area contributed by atoms with Gasteiger partial charge in [-0.2, -0.15) is 0 Å². The van der Waals surface area contributed by atoms with Crippen LogP contribution in [0.1, 0.15) is 22.8 Å². The molecule has 0 saturated carbocycles. The predicted octanol–water partition coefficient (Wildman–Crippen LogP) is 4.67. The van der Waals surface area contributed by atoms with E-state index in [1.165, 1.54) is 0 Å². The lowest BCUT2D eigenvalue weighted by Crippen LogP contribution is -2.01. The van der Waals surface area contributed by atoms with Gasteiger partial charge in [0.05, 0.1) is 17.7 Å². The van der Waals surface area contributed by atoms with Gasteiger partial charge in [-0.25, -0.2) is 4.79 Å². The molecule has 1 aromatic carbocycles. The summed E-state index contributed by atoms with van der Waals surface area (Å²) in [6, 6.07) is 9.02. The van der Waals surface area contributed by atoms with Gasteiger partial charge in [0.15, 0.2) is 0 Å². The van der Waals surface area contributed by atoms with Gasteiger partial charge in [0.2, 0.25) is 0 Å². The molecule has 0 radical (unpaired) electrons. The Labute approximate surface area is 138 Å². The second kappa shape index (κ2) is 5.97. The van der Waals surface area contributed by atoms with E-state index in [4.69, 9.17) is 16.3 Å². The number of halogens is 1. The monoisotopic (exact) mass is 329 g/mol. The number of aromatic nitrogens is 1. The summed E-state index contributed by atoms with van der Waals surface area (Å²) in [6.07, 6.45) is 3.62. The summed E-state index contributed by atoms with van der Waals surface area (Å²) in [7, 11) is 0. The fourth-order valence-corrected chi connectivity index (χ4v) is 3.09. The van der Waals surface area contributed by atoms with Crippen LogP contribution in [0.2, 0.25) is 5.02 Å². The number of fused-ring (bicyclic) bond motifs is 1. The number of nitrogens with zero attached hydrogens (tertiary/aromatic N) is 1. The molecule has 5 heteroatoms. The van der Waals surface area contributed by atoms with Crippen molar-refractivity contribution in [2.75, 3.05) is 6.61 Å². The Morgan fingerprint density at radius 2 is 2.09 bits per heavy atom. The standard InChI is InChI=1S/C18H16ClNO3/c1-3-23-17-11(2)8-12(19)9-13(17)14-10-20-7-5-4-6-15(20)16(14)18(21)22/h4-10H,3H2,1-2H3,(H,21,22). The fourth-order valence-electron chi connectivity index (χ4n) is 2.82. The highest BCUT2D eigenvalue weighted by Crippen LogP contribution is 2.39. The second-order valence-corrected chi connectivity index (χ2v) is 5.68. The van der Waals surface area contributed by atoms with Gasteiger partial charge in [-0.15, -0.1) is 0 Å². The van der Waals surface area contributed by atoms with Crippen molar-refractivity contribution in [3.8, 4) is 16.9 Å². The lowest BCUT2D eigenvalue weighted by Gasteiger charge is -2.13. The Kier molecular flexibility index (Phi) is 4.01. The molecule has 0 aliphatic carbocycles. The Morgan fingerprint density at radius 3 is 2.78 bits per heavy atom. The number of benzene rings is 1. The first-order valence-electron chi connectivity index (χ1n) is 7.29. The van der Waals surface area contributed by atoms with Crippen LogP contribution < -0.4 is 4.74 Å². The van der Waals surface area contributed by atoms with E-state index in [2.05, 4.69) is 0 Å². The SMILES string of the molecule is CCOc1c(C)cc(Cl)cc1-c1cn2ccccc2c1C(=O)O. The van der Waals surface area contributed by atoms with Crippen LogP contribution in [0, 0.1) is 6.92 Å². The highest BCUT2D eigenvalue weighted by molar-refractivity contribution is 6.31. The Bertz CT molecular complexity index is 899. The summed E-state index contributed by atoms with van der Waals surface area (Å²) in [5.74, 6) is -0.316. The van der Waals surface area contributed by atoms with Crippen molar-refractivity contribution in [2.24, 2.45) is 0 Å². The van der Waals surface area contributed by atoms with Crippen molar-refractivity contribution in [1.29, 1.82) is 0 Å². The van der Waals surface area contributed by atoms with Crippen molar-refractivity contribution < 1.29 is 14.6 Å². The molecule has 0 atom stereocenters. The van der Waals surface area contributed by atoms with E-state index < -0.39 is 5.97 Å². The van der Waals surface area contributed by atoms with E-state index in [-0.39, 0.29) is 5.56 Å². The number of aryl methyl sites for hydroxylation is 1. The summed E-state index contributed by atoms with van der Waals surface area (Å²) < 4.78 is 7.54. The molecule has 1 N–H and O–H groups in total. The smallest absolute Gasteiger partial charge is 0.338 e. The normalized spacial score (nSPS) is 10.9. The Hall–Kier alpha value is -2.46. The topological polar surface area (TPSA) is 50.9 Å². The van der Waals surface area contributed by atoms with Crippen LogP contribution in [-0.2, 0) is 0 Å². The van der Waals surface area contributed by atoms with Gasteiger partial charge in [-0.05, 0) is 43.7 Å². The quantitative estimate of drug-likeness (QED) is 0.757. The van der Waals surface area contributed by atoms with E-state index >= 15 is 0 Å². The Morgan fingerprint density at radius 1 is 1.30 bits per heavy atom. The summed E-state index contributed by atoms with van der Waals surface area (Å²) in [4.78, 5) is 11.8. The zero-order chi connectivity index (χ0) is 16.6. The van der Waals surface area contributed by atoms with Crippen LogP contribution in [-0.4, -0.2) is 22.1 Å². The van der Waals surface area contributed by atoms with Gasteiger partial charge >= 0.3 is 5.97 Å². The molecule has 0 amide bonds. The van der Waals surface area contributed by atoms with Crippen molar-refractivity contribution in [3.63, 3.8) is 0 Å². The van der Waals surface area contributed by atoms with Crippen LogP contribution >= 0.6 is 11.6 Å². The van der Waals surface area contributed by atoms with Crippen LogP contribution in [0.25, 0.3) is 16.6 Å². The summed E-state index contributed by atoms with van der Waals surface area (Å²) in [5, 5.41) is 10.2. The van der Waals surface area contributed by atoms with Gasteiger partial charge < -0.3 is 14.2 Å². The second-order valence-electron chi connectivity index (χ2n) is 5.25. The number of aromatic carboxylic acids is 1. The van der Waals surface area contributed by atoms with Gasteiger partial charge in [-0.1, -0.05) is 17.7 Å². The number of carboxylic acid groups (broad SMARTS) is 1. The molecule has 0 unspecified atom stereocenters. The first-order chi connectivity index (χ1) is 11.0. The molecule has 3 rings (SSSR count). The number of ether oxygens (including phenoxy) is 1. The van der Waals surface area contributed by atoms with E-state index in [1.54, 1.807) is 22.7 Å². The van der Waals surface area contributed by atoms with Gasteiger partial charge in [0.1, 0.15) is 5.75 Å². The third-order valence-corrected chi connectivity index (χ3v) is 3.93. The van der Waals surface area contributed by atoms with Crippen molar-refractivity contribution in [1.82, 2.24) is 4.40 Å². The number of carbonyl (C=O) groups is 1. The third kappa shape index (κ3) is 2.66. The molecule has 2 aromatic heterocycles. The van der Waals surface area contributed by atoms with Crippen molar-refractivity contribution in [2.45, 2.75) is 13.8 Å². The molecule has 3 aromatic rings. The van der Waals surface area contributed by atoms with Crippen LogP contribution in [0.5, 0.6) is 5.75 Å². The average Bonchev–Trinajstić information content (AvgIpc) is 2.89. The molecule has 4 nitrogen and oxygen atoms in total. The highest BCUT2D eigenvalue weighted by Gasteiger charge is 2.22. The van der Waals surface area contributed by atoms with Crippen LogP contribution in [0.3, 0.4) is 0 Å². The number of hydrogen-bond donors (Lipinski definition) is 1. The Balaban J connectivity index is 2.37. The van der Waals surface area contributed by atoms with Gasteiger partial charge in [0, 0.05) is 28.5 Å². The number of carboxylic acids is 1. The number of hydrogen-bond acceptors (Lipinski definition) is 2. The first kappa shape index (κ1) is 15.4. The van der Waals surface area contributed by atoms with Crippen molar-refractivity contribution >= 4 is 23.1 Å². The molecule has 118 valence electrons. The lowest BCUT2D eigenvalue weighted by atomic mass is 10.00. The highest BCUT2D eigenvalue weighted by atomic mass is 35.5. The molecule has 23 heavy (non-hydrogen) atoms. The fraction of sp³-hybridized carbons (Fsp3) is 0.167. The molecular weight excluding hydrogens is 314 g/mol. The van der Waals surface area contributed by atoms with Crippen LogP contribution in [0.4, 0.5) is 0 Å². The number of rotatable bonds is 4. The molecule has 0 bridgehead atoms. The van der Waals surface area contributed by atoms with E-state index in [1.807, 2.05) is 38.2 Å². The van der Waals surface area contributed by atoms with Crippen LogP contribution in [0.15, 0.2) is 42.7 Å². The molecule has 0 fully saturated rings. The maximum absolute atomic E-state index is 11.8. The molecule has 0 spiro atoms. The molecule has 2 heterocycles. The predicted molar refractivity (Wildman–Crippen MR) is 90.7 cm³/mol. The van der Waals surface area contributed by atoms with Gasteiger partial charge in [0.25, 0.3) is 0 Å². The maximum Gasteiger partial charge on any atom is 0.338 e. The zero-order valence-corrected chi connectivity index (χ0v) is 13.6. The van der Waals surface area contributed by atoms with E-state index in [9.17, 15) is 9.90 Å². The van der Waals surface area contributed by atoms with Gasteiger partial charge in [-0.3, -0.25) is 0 Å². The molecule has 0 aliphatic heterocycles. The minimum atomic E-state index is -0.978. The maximum atomic E-state index is 11.8. The average molecular weight is 330 g/mol.